The third kappa shape index (κ3) is 6.82. The number of fused-ring (bicyclic) bond motifs is 1. The van der Waals surface area contributed by atoms with Crippen molar-refractivity contribution in [2.75, 3.05) is 13.2 Å². The average Bonchev–Trinajstić information content (AvgIpc) is 3.37. The lowest BCUT2D eigenvalue weighted by molar-refractivity contribution is -0.198. The molecule has 0 saturated carbocycles. The Morgan fingerprint density at radius 2 is 1.93 bits per heavy atom. The molecule has 0 bridgehead atoms. The van der Waals surface area contributed by atoms with E-state index >= 15 is 0 Å². The van der Waals surface area contributed by atoms with Gasteiger partial charge < -0.3 is 20.3 Å². The van der Waals surface area contributed by atoms with Gasteiger partial charge in [-0.2, -0.15) is 13.2 Å². The van der Waals surface area contributed by atoms with Crippen LogP contribution in [0.15, 0.2) is 60.2 Å². The molecule has 3 N–H and O–H groups in total. The molecule has 2 atom stereocenters. The van der Waals surface area contributed by atoms with Gasteiger partial charge in [-0.3, -0.25) is 4.79 Å². The summed E-state index contributed by atoms with van der Waals surface area (Å²) >= 11 is 7.33. The number of carboxylic acids is 1. The minimum absolute atomic E-state index is 0. The molecule has 0 amide bonds. The molecule has 1 aliphatic rings. The molecule has 216 valence electrons. The number of nitrogens with two attached hydrogens (primary N) is 1. The Kier molecular flexibility index (Phi) is 9.55. The number of carboxylic acid groups (broad SMARTS) is 1. The van der Waals surface area contributed by atoms with E-state index in [1.54, 1.807) is 29.6 Å². The summed E-state index contributed by atoms with van der Waals surface area (Å²) in [5.74, 6) is -1.29. The zero-order valence-electron chi connectivity index (χ0n) is 21.2. The zero-order valence-corrected chi connectivity index (χ0v) is 23.6. The number of hydrogen-bond acceptors (Lipinski definition) is 7. The van der Waals surface area contributed by atoms with E-state index in [2.05, 4.69) is 9.97 Å². The molecular formula is C28H24Cl2F3N3O4S. The van der Waals surface area contributed by atoms with Crippen molar-refractivity contribution in [3.63, 3.8) is 0 Å². The van der Waals surface area contributed by atoms with Crippen LogP contribution in [0, 0.1) is 0 Å². The van der Waals surface area contributed by atoms with Crippen molar-refractivity contribution in [3.05, 3.63) is 82.0 Å². The number of aromatic nitrogens is 2. The lowest BCUT2D eigenvalue weighted by Crippen LogP contribution is -2.32. The highest BCUT2D eigenvalue weighted by molar-refractivity contribution is 7.18. The minimum Gasteiger partial charge on any atom is -0.480 e. The predicted molar refractivity (Wildman–Crippen MR) is 154 cm³/mol. The maximum absolute atomic E-state index is 14.5. The lowest BCUT2D eigenvalue weighted by atomic mass is 9.94. The highest BCUT2D eigenvalue weighted by Crippen LogP contribution is 2.44. The van der Waals surface area contributed by atoms with Crippen molar-refractivity contribution >= 4 is 57.1 Å². The molecule has 2 aromatic heterocycles. The second kappa shape index (κ2) is 12.7. The van der Waals surface area contributed by atoms with Crippen LogP contribution >= 0.6 is 35.3 Å². The normalized spacial score (nSPS) is 15.1. The summed E-state index contributed by atoms with van der Waals surface area (Å²) in [6, 6.07) is 10.3. The van der Waals surface area contributed by atoms with E-state index in [0.717, 1.165) is 11.1 Å². The number of ether oxygens (including phenoxy) is 2. The summed E-state index contributed by atoms with van der Waals surface area (Å²) in [5.41, 5.74) is 9.06. The summed E-state index contributed by atoms with van der Waals surface area (Å²) in [6.07, 6.45) is -3.32. The molecule has 5 rings (SSSR count). The second-order valence-corrected chi connectivity index (χ2v) is 10.5. The predicted octanol–water partition coefficient (Wildman–Crippen LogP) is 6.87. The Hall–Kier alpha value is -3.22. The van der Waals surface area contributed by atoms with Gasteiger partial charge in [0.2, 0.25) is 12.0 Å². The van der Waals surface area contributed by atoms with Crippen LogP contribution in [-0.4, -0.2) is 46.5 Å². The number of thiophene rings is 1. The highest BCUT2D eigenvalue weighted by Gasteiger charge is 2.45. The SMILES string of the molecule is Cl.N[C@@H](Cc1ccc(-c2csc3c(O[C@H](c4ccc(Cl)cc4C4=CCCOC4)C(F)(F)F)ncnc23)cc1)C(=O)O. The molecular weight excluding hydrogens is 602 g/mol. The van der Waals surface area contributed by atoms with Crippen LogP contribution in [-0.2, 0) is 16.0 Å². The van der Waals surface area contributed by atoms with Gasteiger partial charge in [-0.05, 0) is 47.2 Å². The number of halogens is 5. The lowest BCUT2D eigenvalue weighted by Gasteiger charge is -2.25. The first-order valence-electron chi connectivity index (χ1n) is 12.2. The van der Waals surface area contributed by atoms with Crippen LogP contribution in [0.1, 0.15) is 29.2 Å². The van der Waals surface area contributed by atoms with Crippen LogP contribution in [0.25, 0.3) is 26.9 Å². The standard InChI is InChI=1S/C28H23ClF3N3O4S.ClH/c29-18-7-8-19(20(11-18)17-2-1-9-38-12-17)25(28(30,31)32)39-26-24-23(34-14-35-26)21(13-40-24)16-5-3-15(4-6-16)10-22(33)27(36)37;/h2-8,11,13-14,22,25H,1,9-10,12,33H2,(H,36,37);1H/t22-,25+;/m0./s1. The summed E-state index contributed by atoms with van der Waals surface area (Å²) in [5, 5.41) is 11.1. The fraction of sp³-hybridized carbons (Fsp3) is 0.250. The first kappa shape index (κ1) is 30.7. The number of benzene rings is 2. The molecule has 0 aliphatic carbocycles. The van der Waals surface area contributed by atoms with Gasteiger partial charge in [0.1, 0.15) is 17.1 Å². The van der Waals surface area contributed by atoms with Gasteiger partial charge in [-0.15, -0.1) is 23.7 Å². The quantitative estimate of drug-likeness (QED) is 0.220. The van der Waals surface area contributed by atoms with Gasteiger partial charge in [-0.25, -0.2) is 9.97 Å². The summed E-state index contributed by atoms with van der Waals surface area (Å²) < 4.78 is 54.9. The van der Waals surface area contributed by atoms with Gasteiger partial charge in [0.15, 0.2) is 0 Å². The van der Waals surface area contributed by atoms with E-state index < -0.39 is 24.3 Å². The average molecular weight is 626 g/mol. The fourth-order valence-corrected chi connectivity index (χ4v) is 5.61. The fourth-order valence-electron chi connectivity index (χ4n) is 4.48. The Morgan fingerprint density at radius 1 is 1.17 bits per heavy atom. The van der Waals surface area contributed by atoms with E-state index in [9.17, 15) is 18.0 Å². The minimum atomic E-state index is -4.76. The first-order chi connectivity index (χ1) is 19.1. The Balaban J connectivity index is 0.00000387. The van der Waals surface area contributed by atoms with E-state index in [0.29, 0.717) is 45.0 Å². The van der Waals surface area contributed by atoms with Crippen LogP contribution in [0.2, 0.25) is 5.02 Å². The monoisotopic (exact) mass is 625 g/mol. The second-order valence-electron chi connectivity index (χ2n) is 9.19. The molecule has 7 nitrogen and oxygen atoms in total. The number of nitrogens with zero attached hydrogens (tertiary/aromatic N) is 2. The van der Waals surface area contributed by atoms with Gasteiger partial charge in [0.25, 0.3) is 0 Å². The molecule has 2 aromatic carbocycles. The molecule has 1 aliphatic heterocycles. The van der Waals surface area contributed by atoms with Crippen molar-refractivity contribution in [2.45, 2.75) is 31.2 Å². The van der Waals surface area contributed by atoms with Crippen molar-refractivity contribution < 1.29 is 32.5 Å². The van der Waals surface area contributed by atoms with Gasteiger partial charge in [-0.1, -0.05) is 48.0 Å². The number of hydrogen-bond donors (Lipinski definition) is 2. The third-order valence-electron chi connectivity index (χ3n) is 6.44. The zero-order chi connectivity index (χ0) is 28.4. The van der Waals surface area contributed by atoms with Crippen molar-refractivity contribution in [1.82, 2.24) is 9.97 Å². The molecule has 0 spiro atoms. The largest absolute Gasteiger partial charge is 0.480 e. The molecule has 0 radical (unpaired) electrons. The molecule has 0 unspecified atom stereocenters. The van der Waals surface area contributed by atoms with E-state index in [1.165, 1.54) is 35.9 Å². The Labute approximate surface area is 248 Å². The van der Waals surface area contributed by atoms with E-state index in [-0.39, 0.29) is 36.9 Å². The van der Waals surface area contributed by atoms with Gasteiger partial charge in [0, 0.05) is 21.5 Å². The van der Waals surface area contributed by atoms with Crippen LogP contribution < -0.4 is 10.5 Å². The maximum atomic E-state index is 14.5. The van der Waals surface area contributed by atoms with E-state index in [4.69, 9.17) is 31.9 Å². The molecule has 41 heavy (non-hydrogen) atoms. The Morgan fingerprint density at radius 3 is 2.59 bits per heavy atom. The van der Waals surface area contributed by atoms with E-state index in [1.807, 2.05) is 6.08 Å². The van der Waals surface area contributed by atoms with Crippen molar-refractivity contribution in [3.8, 4) is 17.0 Å². The smallest absolute Gasteiger partial charge is 0.429 e. The number of alkyl halides is 3. The first-order valence-corrected chi connectivity index (χ1v) is 13.5. The Bertz CT molecular complexity index is 1580. The highest BCUT2D eigenvalue weighted by atomic mass is 35.5. The van der Waals surface area contributed by atoms with Crippen LogP contribution in [0.3, 0.4) is 0 Å². The number of rotatable bonds is 8. The molecule has 4 aromatic rings. The number of aliphatic carboxylic acids is 1. The summed E-state index contributed by atoms with van der Waals surface area (Å²) in [7, 11) is 0. The van der Waals surface area contributed by atoms with Crippen LogP contribution in [0.5, 0.6) is 5.88 Å². The summed E-state index contributed by atoms with van der Waals surface area (Å²) in [4.78, 5) is 19.4. The van der Waals surface area contributed by atoms with Crippen molar-refractivity contribution in [2.24, 2.45) is 5.73 Å². The molecule has 13 heteroatoms. The van der Waals surface area contributed by atoms with Crippen molar-refractivity contribution in [1.29, 1.82) is 0 Å². The molecule has 0 saturated heterocycles. The summed E-state index contributed by atoms with van der Waals surface area (Å²) in [6.45, 7) is 0.668. The number of carbonyl (C=O) groups is 1. The molecule has 0 fully saturated rings. The topological polar surface area (TPSA) is 108 Å². The van der Waals surface area contributed by atoms with Gasteiger partial charge in [0.05, 0.1) is 18.7 Å². The third-order valence-corrected chi connectivity index (χ3v) is 7.63. The molecule has 3 heterocycles. The van der Waals surface area contributed by atoms with Crippen LogP contribution in [0.4, 0.5) is 13.2 Å². The maximum Gasteiger partial charge on any atom is 0.429 e. The van der Waals surface area contributed by atoms with Gasteiger partial charge >= 0.3 is 12.1 Å².